The van der Waals surface area contributed by atoms with Gasteiger partial charge in [0.05, 0.1) is 11.2 Å². The van der Waals surface area contributed by atoms with Crippen molar-refractivity contribution in [2.45, 2.75) is 32.2 Å². The monoisotopic (exact) mass is 364 g/mol. The van der Waals surface area contributed by atoms with Crippen LogP contribution in [0.15, 0.2) is 42.0 Å². The number of halogens is 1. The molecule has 24 heavy (non-hydrogen) atoms. The maximum Gasteiger partial charge on any atom is 0.244 e. The fourth-order valence-corrected chi connectivity index (χ4v) is 3.20. The van der Waals surface area contributed by atoms with E-state index in [4.69, 9.17) is 5.73 Å². The number of imidazole rings is 1. The Morgan fingerprint density at radius 3 is 2.71 bits per heavy atom. The third-order valence-electron chi connectivity index (χ3n) is 3.82. The van der Waals surface area contributed by atoms with Gasteiger partial charge < -0.3 is 11.1 Å². The third kappa shape index (κ3) is 3.77. The second kappa shape index (κ2) is 7.34. The van der Waals surface area contributed by atoms with E-state index in [2.05, 4.69) is 10.3 Å². The topological polar surface area (TPSA) is 72.4 Å². The number of benzene rings is 1. The smallest absolute Gasteiger partial charge is 0.244 e. The first-order valence-electron chi connectivity index (χ1n) is 7.62. The highest BCUT2D eigenvalue weighted by Gasteiger charge is 2.27. The number of hydrogen-bond acceptors (Lipinski definition) is 4. The predicted molar refractivity (Wildman–Crippen MR) is 102 cm³/mol. The standard InChI is InChI=1S/C17H20N4OS.ClH/c1-3-8-17(2,18)15(22)19-13-6-4-12(5-7-13)14-11-21-9-10-23-16(21)20-14;/h4-7,9-11H,3,8,18H2,1-2H3,(H,19,22);1H. The van der Waals surface area contributed by atoms with Crippen LogP contribution < -0.4 is 11.1 Å². The SMILES string of the molecule is CCCC(C)(N)C(=O)Nc1ccc(-c2cn3ccsc3n2)cc1.Cl. The van der Waals surface area contributed by atoms with Gasteiger partial charge in [0.1, 0.15) is 0 Å². The fourth-order valence-electron chi connectivity index (χ4n) is 2.50. The molecule has 0 fully saturated rings. The lowest BCUT2D eigenvalue weighted by Crippen LogP contribution is -2.48. The lowest BCUT2D eigenvalue weighted by molar-refractivity contribution is -0.120. The Morgan fingerprint density at radius 1 is 1.38 bits per heavy atom. The molecular weight excluding hydrogens is 344 g/mol. The second-order valence-corrected chi connectivity index (χ2v) is 6.79. The lowest BCUT2D eigenvalue weighted by Gasteiger charge is -2.22. The molecule has 1 atom stereocenters. The average molecular weight is 365 g/mol. The van der Waals surface area contributed by atoms with Crippen LogP contribution in [-0.2, 0) is 4.79 Å². The zero-order valence-corrected chi connectivity index (χ0v) is 15.3. The molecule has 0 spiro atoms. The summed E-state index contributed by atoms with van der Waals surface area (Å²) in [5, 5.41) is 4.88. The summed E-state index contributed by atoms with van der Waals surface area (Å²) in [5.74, 6) is -0.158. The second-order valence-electron chi connectivity index (χ2n) is 5.92. The van der Waals surface area contributed by atoms with E-state index < -0.39 is 5.54 Å². The van der Waals surface area contributed by atoms with Crippen molar-refractivity contribution < 1.29 is 4.79 Å². The first-order valence-corrected chi connectivity index (χ1v) is 8.50. The van der Waals surface area contributed by atoms with Gasteiger partial charge in [-0.3, -0.25) is 9.20 Å². The predicted octanol–water partition coefficient (Wildman–Crippen LogP) is 3.94. The molecule has 7 heteroatoms. The lowest BCUT2D eigenvalue weighted by atomic mass is 9.96. The summed E-state index contributed by atoms with van der Waals surface area (Å²) in [4.78, 5) is 17.8. The molecule has 1 amide bonds. The van der Waals surface area contributed by atoms with Gasteiger partial charge in [-0.25, -0.2) is 4.98 Å². The number of anilines is 1. The van der Waals surface area contributed by atoms with Gasteiger partial charge in [-0.1, -0.05) is 25.5 Å². The molecule has 128 valence electrons. The van der Waals surface area contributed by atoms with Gasteiger partial charge in [-0.15, -0.1) is 23.7 Å². The van der Waals surface area contributed by atoms with E-state index in [-0.39, 0.29) is 18.3 Å². The van der Waals surface area contributed by atoms with Crippen molar-refractivity contribution in [2.24, 2.45) is 5.73 Å². The van der Waals surface area contributed by atoms with Crippen molar-refractivity contribution in [3.8, 4) is 11.3 Å². The molecule has 0 aliphatic rings. The molecule has 0 aliphatic carbocycles. The zero-order chi connectivity index (χ0) is 16.4. The third-order valence-corrected chi connectivity index (χ3v) is 4.59. The molecule has 3 rings (SSSR count). The number of carbonyl (C=O) groups is 1. The van der Waals surface area contributed by atoms with Crippen LogP contribution in [0.2, 0.25) is 0 Å². The van der Waals surface area contributed by atoms with E-state index in [0.29, 0.717) is 6.42 Å². The maximum atomic E-state index is 12.2. The summed E-state index contributed by atoms with van der Waals surface area (Å²) in [6.45, 7) is 3.78. The number of aromatic nitrogens is 2. The van der Waals surface area contributed by atoms with Gasteiger partial charge in [-0.05, 0) is 25.5 Å². The number of nitrogens with one attached hydrogen (secondary N) is 1. The minimum absolute atomic E-state index is 0. The Labute approximate surface area is 151 Å². The highest BCUT2D eigenvalue weighted by molar-refractivity contribution is 7.15. The summed E-state index contributed by atoms with van der Waals surface area (Å²) in [5.41, 5.74) is 7.88. The fraction of sp³-hybridized carbons (Fsp3) is 0.294. The van der Waals surface area contributed by atoms with Gasteiger partial charge in [0.15, 0.2) is 4.96 Å². The molecule has 3 N–H and O–H groups in total. The highest BCUT2D eigenvalue weighted by atomic mass is 35.5. The normalized spacial score (nSPS) is 13.3. The Balaban J connectivity index is 0.00000208. The van der Waals surface area contributed by atoms with Crippen LogP contribution in [0.3, 0.4) is 0 Å². The van der Waals surface area contributed by atoms with Crippen LogP contribution in [0, 0.1) is 0 Å². The van der Waals surface area contributed by atoms with E-state index in [0.717, 1.165) is 28.3 Å². The molecule has 3 aromatic rings. The van der Waals surface area contributed by atoms with Crippen molar-refractivity contribution in [1.82, 2.24) is 9.38 Å². The van der Waals surface area contributed by atoms with Crippen LogP contribution in [0.5, 0.6) is 0 Å². The van der Waals surface area contributed by atoms with Gasteiger partial charge in [0.2, 0.25) is 5.91 Å². The minimum atomic E-state index is -0.846. The van der Waals surface area contributed by atoms with Crippen molar-refractivity contribution in [3.05, 3.63) is 42.0 Å². The van der Waals surface area contributed by atoms with Gasteiger partial charge >= 0.3 is 0 Å². The quantitative estimate of drug-likeness (QED) is 0.720. The van der Waals surface area contributed by atoms with Gasteiger partial charge in [-0.2, -0.15) is 0 Å². The summed E-state index contributed by atoms with van der Waals surface area (Å²) >= 11 is 1.60. The number of amides is 1. The van der Waals surface area contributed by atoms with E-state index >= 15 is 0 Å². The number of rotatable bonds is 5. The van der Waals surface area contributed by atoms with E-state index in [1.807, 2.05) is 53.4 Å². The first-order chi connectivity index (χ1) is 11.0. The van der Waals surface area contributed by atoms with Crippen molar-refractivity contribution in [3.63, 3.8) is 0 Å². The maximum absolute atomic E-state index is 12.2. The van der Waals surface area contributed by atoms with Crippen molar-refractivity contribution >= 4 is 40.3 Å². The summed E-state index contributed by atoms with van der Waals surface area (Å²) in [7, 11) is 0. The summed E-state index contributed by atoms with van der Waals surface area (Å²) in [6, 6.07) is 7.66. The molecule has 0 aliphatic heterocycles. The van der Waals surface area contributed by atoms with Gasteiger partial charge in [0.25, 0.3) is 0 Å². The summed E-state index contributed by atoms with van der Waals surface area (Å²) in [6.07, 6.45) is 5.51. The van der Waals surface area contributed by atoms with Crippen LogP contribution in [0.1, 0.15) is 26.7 Å². The molecule has 1 unspecified atom stereocenters. The van der Waals surface area contributed by atoms with E-state index in [1.165, 1.54) is 0 Å². The Bertz CT molecular complexity index is 794. The molecule has 2 heterocycles. The number of nitrogens with two attached hydrogens (primary N) is 1. The van der Waals surface area contributed by atoms with Crippen LogP contribution in [0.4, 0.5) is 5.69 Å². The Morgan fingerprint density at radius 2 is 2.08 bits per heavy atom. The molecule has 0 saturated heterocycles. The molecule has 0 radical (unpaired) electrons. The molecular formula is C17H21ClN4OS. The number of thiazole rings is 1. The highest BCUT2D eigenvalue weighted by Crippen LogP contribution is 2.23. The zero-order valence-electron chi connectivity index (χ0n) is 13.7. The number of hydrogen-bond donors (Lipinski definition) is 2. The minimum Gasteiger partial charge on any atom is -0.325 e. The average Bonchev–Trinajstić information content (AvgIpc) is 3.09. The van der Waals surface area contributed by atoms with Crippen LogP contribution in [-0.4, -0.2) is 20.8 Å². The van der Waals surface area contributed by atoms with E-state index in [1.54, 1.807) is 18.3 Å². The summed E-state index contributed by atoms with van der Waals surface area (Å²) < 4.78 is 2.00. The Hall–Kier alpha value is -1.89. The van der Waals surface area contributed by atoms with Crippen LogP contribution >= 0.6 is 23.7 Å². The number of fused-ring (bicyclic) bond motifs is 1. The van der Waals surface area contributed by atoms with Crippen LogP contribution in [0.25, 0.3) is 16.2 Å². The molecule has 0 bridgehead atoms. The number of nitrogens with zero attached hydrogens (tertiary/aromatic N) is 2. The first kappa shape index (κ1) is 18.4. The van der Waals surface area contributed by atoms with Crippen molar-refractivity contribution in [2.75, 3.05) is 5.32 Å². The molecule has 1 aromatic carbocycles. The number of carbonyl (C=O) groups excluding carboxylic acids is 1. The molecule has 5 nitrogen and oxygen atoms in total. The Kier molecular flexibility index (Phi) is 5.64. The van der Waals surface area contributed by atoms with Gasteiger partial charge in [0, 0.05) is 29.0 Å². The molecule has 2 aromatic heterocycles. The largest absolute Gasteiger partial charge is 0.325 e. The van der Waals surface area contributed by atoms with E-state index in [9.17, 15) is 4.79 Å². The van der Waals surface area contributed by atoms with Crippen molar-refractivity contribution in [1.29, 1.82) is 0 Å². The molecule has 0 saturated carbocycles.